The zero-order valence-electron chi connectivity index (χ0n) is 10.9. The molecule has 1 atom stereocenters. The van der Waals surface area contributed by atoms with E-state index in [1.54, 1.807) is 0 Å². The molecule has 3 rings (SSSR count). The van der Waals surface area contributed by atoms with E-state index in [9.17, 15) is 0 Å². The molecule has 3 heteroatoms. The SMILES string of the molecule is CC(NC1Cc2ccccc2C1)c1ccnn1C. The van der Waals surface area contributed by atoms with Gasteiger partial charge in [-0.25, -0.2) is 0 Å². The van der Waals surface area contributed by atoms with Gasteiger partial charge >= 0.3 is 0 Å². The lowest BCUT2D eigenvalue weighted by Crippen LogP contribution is -2.32. The summed E-state index contributed by atoms with van der Waals surface area (Å²) >= 11 is 0. The van der Waals surface area contributed by atoms with E-state index in [0.29, 0.717) is 12.1 Å². The molecule has 0 spiro atoms. The molecule has 1 aromatic carbocycles. The molecule has 1 N–H and O–H groups in total. The third-order valence-electron chi connectivity index (χ3n) is 3.84. The van der Waals surface area contributed by atoms with Crippen LogP contribution in [0, 0.1) is 0 Å². The Hall–Kier alpha value is -1.61. The van der Waals surface area contributed by atoms with Gasteiger partial charge in [-0.05, 0) is 37.0 Å². The van der Waals surface area contributed by atoms with Crippen LogP contribution < -0.4 is 5.32 Å². The molecule has 0 aliphatic heterocycles. The van der Waals surface area contributed by atoms with Crippen molar-refractivity contribution in [1.29, 1.82) is 0 Å². The van der Waals surface area contributed by atoms with Crippen molar-refractivity contribution in [3.05, 3.63) is 53.3 Å². The summed E-state index contributed by atoms with van der Waals surface area (Å²) < 4.78 is 1.94. The first-order valence-corrected chi connectivity index (χ1v) is 6.55. The third-order valence-corrected chi connectivity index (χ3v) is 3.84. The fraction of sp³-hybridized carbons (Fsp3) is 0.400. The molecule has 1 aliphatic rings. The van der Waals surface area contributed by atoms with E-state index in [1.807, 2.05) is 17.9 Å². The number of hydrogen-bond acceptors (Lipinski definition) is 2. The van der Waals surface area contributed by atoms with Gasteiger partial charge in [0.1, 0.15) is 0 Å². The Morgan fingerprint density at radius 2 is 1.89 bits per heavy atom. The molecule has 0 amide bonds. The number of aryl methyl sites for hydroxylation is 1. The highest BCUT2D eigenvalue weighted by molar-refractivity contribution is 5.33. The Balaban J connectivity index is 1.68. The fourth-order valence-corrected chi connectivity index (χ4v) is 2.92. The molecule has 0 saturated heterocycles. The zero-order valence-corrected chi connectivity index (χ0v) is 10.9. The first kappa shape index (κ1) is 11.5. The van der Waals surface area contributed by atoms with Crippen molar-refractivity contribution in [3.8, 4) is 0 Å². The second kappa shape index (κ2) is 4.58. The van der Waals surface area contributed by atoms with Crippen LogP contribution in [0.1, 0.15) is 29.8 Å². The Bertz CT molecular complexity index is 519. The lowest BCUT2D eigenvalue weighted by Gasteiger charge is -2.19. The van der Waals surface area contributed by atoms with Crippen molar-refractivity contribution in [2.75, 3.05) is 0 Å². The Morgan fingerprint density at radius 3 is 2.44 bits per heavy atom. The van der Waals surface area contributed by atoms with Crippen molar-refractivity contribution < 1.29 is 0 Å². The van der Waals surface area contributed by atoms with Gasteiger partial charge in [0.15, 0.2) is 0 Å². The number of nitrogens with one attached hydrogen (secondary N) is 1. The van der Waals surface area contributed by atoms with Gasteiger partial charge in [0, 0.05) is 25.3 Å². The van der Waals surface area contributed by atoms with Crippen LogP contribution in [0.3, 0.4) is 0 Å². The molecular formula is C15H19N3. The van der Waals surface area contributed by atoms with Crippen LogP contribution in [0.15, 0.2) is 36.5 Å². The van der Waals surface area contributed by atoms with Gasteiger partial charge in [-0.15, -0.1) is 0 Å². The minimum absolute atomic E-state index is 0.344. The van der Waals surface area contributed by atoms with Gasteiger partial charge < -0.3 is 5.32 Å². The molecule has 18 heavy (non-hydrogen) atoms. The molecule has 0 saturated carbocycles. The van der Waals surface area contributed by atoms with Crippen LogP contribution in [0.4, 0.5) is 0 Å². The molecule has 94 valence electrons. The van der Waals surface area contributed by atoms with E-state index in [2.05, 4.69) is 47.7 Å². The predicted molar refractivity (Wildman–Crippen MR) is 72.4 cm³/mol. The summed E-state index contributed by atoms with van der Waals surface area (Å²) in [6, 6.07) is 11.7. The second-order valence-corrected chi connectivity index (χ2v) is 5.14. The van der Waals surface area contributed by atoms with Crippen LogP contribution in [0.25, 0.3) is 0 Å². The van der Waals surface area contributed by atoms with Gasteiger partial charge in [0.25, 0.3) is 0 Å². The van der Waals surface area contributed by atoms with E-state index in [1.165, 1.54) is 16.8 Å². The molecule has 1 unspecified atom stereocenters. The molecule has 2 aromatic rings. The van der Waals surface area contributed by atoms with Gasteiger partial charge in [0.2, 0.25) is 0 Å². The molecule has 0 bridgehead atoms. The number of rotatable bonds is 3. The quantitative estimate of drug-likeness (QED) is 0.893. The monoisotopic (exact) mass is 241 g/mol. The highest BCUT2D eigenvalue weighted by Crippen LogP contribution is 2.23. The average molecular weight is 241 g/mol. The molecule has 1 aromatic heterocycles. The lowest BCUT2D eigenvalue weighted by atomic mass is 10.1. The van der Waals surface area contributed by atoms with Crippen LogP contribution in [-0.4, -0.2) is 15.8 Å². The first-order valence-electron chi connectivity index (χ1n) is 6.55. The van der Waals surface area contributed by atoms with Crippen molar-refractivity contribution in [2.45, 2.75) is 31.8 Å². The summed E-state index contributed by atoms with van der Waals surface area (Å²) in [5.41, 5.74) is 4.23. The van der Waals surface area contributed by atoms with E-state index in [-0.39, 0.29) is 0 Å². The van der Waals surface area contributed by atoms with Crippen molar-refractivity contribution >= 4 is 0 Å². The summed E-state index contributed by atoms with van der Waals surface area (Å²) in [6.45, 7) is 2.21. The third kappa shape index (κ3) is 2.06. The van der Waals surface area contributed by atoms with Gasteiger partial charge in [-0.1, -0.05) is 24.3 Å². The number of fused-ring (bicyclic) bond motifs is 1. The van der Waals surface area contributed by atoms with Gasteiger partial charge in [0.05, 0.1) is 5.69 Å². The zero-order chi connectivity index (χ0) is 12.5. The summed E-state index contributed by atoms with van der Waals surface area (Å²) in [7, 11) is 2.00. The highest BCUT2D eigenvalue weighted by atomic mass is 15.3. The summed E-state index contributed by atoms with van der Waals surface area (Å²) in [4.78, 5) is 0. The minimum atomic E-state index is 0.344. The summed E-state index contributed by atoms with van der Waals surface area (Å²) in [5, 5.41) is 7.94. The Morgan fingerprint density at radius 1 is 1.22 bits per heavy atom. The minimum Gasteiger partial charge on any atom is -0.305 e. The van der Waals surface area contributed by atoms with Crippen LogP contribution in [-0.2, 0) is 19.9 Å². The van der Waals surface area contributed by atoms with E-state index < -0.39 is 0 Å². The van der Waals surface area contributed by atoms with Crippen LogP contribution in [0.2, 0.25) is 0 Å². The first-order chi connectivity index (χ1) is 8.74. The smallest absolute Gasteiger partial charge is 0.0547 e. The van der Waals surface area contributed by atoms with Gasteiger partial charge in [-0.2, -0.15) is 5.10 Å². The maximum absolute atomic E-state index is 4.23. The molecule has 1 heterocycles. The lowest BCUT2D eigenvalue weighted by molar-refractivity contribution is 0.447. The summed E-state index contributed by atoms with van der Waals surface area (Å²) in [6.07, 6.45) is 4.13. The number of nitrogens with zero attached hydrogens (tertiary/aromatic N) is 2. The maximum atomic E-state index is 4.23. The fourth-order valence-electron chi connectivity index (χ4n) is 2.92. The van der Waals surface area contributed by atoms with Gasteiger partial charge in [-0.3, -0.25) is 4.68 Å². The predicted octanol–water partition coefficient (Wildman–Crippen LogP) is 2.24. The van der Waals surface area contributed by atoms with E-state index in [4.69, 9.17) is 0 Å². The Labute approximate surface area is 108 Å². The highest BCUT2D eigenvalue weighted by Gasteiger charge is 2.23. The van der Waals surface area contributed by atoms with Crippen molar-refractivity contribution in [1.82, 2.24) is 15.1 Å². The number of benzene rings is 1. The topological polar surface area (TPSA) is 29.9 Å². The maximum Gasteiger partial charge on any atom is 0.0547 e. The molecule has 1 aliphatic carbocycles. The number of hydrogen-bond donors (Lipinski definition) is 1. The van der Waals surface area contributed by atoms with E-state index >= 15 is 0 Å². The average Bonchev–Trinajstić information content (AvgIpc) is 2.94. The normalized spacial score (nSPS) is 16.8. The summed E-state index contributed by atoms with van der Waals surface area (Å²) in [5.74, 6) is 0. The number of aromatic nitrogens is 2. The molecule has 3 nitrogen and oxygen atoms in total. The van der Waals surface area contributed by atoms with Crippen molar-refractivity contribution in [2.24, 2.45) is 7.05 Å². The molecular weight excluding hydrogens is 222 g/mol. The van der Waals surface area contributed by atoms with Crippen molar-refractivity contribution in [3.63, 3.8) is 0 Å². The second-order valence-electron chi connectivity index (χ2n) is 5.14. The van der Waals surface area contributed by atoms with E-state index in [0.717, 1.165) is 12.8 Å². The molecule has 0 radical (unpaired) electrons. The van der Waals surface area contributed by atoms with Crippen LogP contribution >= 0.6 is 0 Å². The standard InChI is InChI=1S/C15H19N3/c1-11(15-7-8-16-18(15)2)17-14-9-12-5-3-4-6-13(12)10-14/h3-8,11,14,17H,9-10H2,1-2H3. The Kier molecular flexibility index (Phi) is 2.92. The van der Waals surface area contributed by atoms with Crippen LogP contribution in [0.5, 0.6) is 0 Å². The largest absolute Gasteiger partial charge is 0.305 e. The molecule has 0 fully saturated rings.